The van der Waals surface area contributed by atoms with Gasteiger partial charge < -0.3 is 10.1 Å². The number of nitrogens with zero attached hydrogens (tertiary/aromatic N) is 1. The molecule has 2 rings (SSSR count). The summed E-state index contributed by atoms with van der Waals surface area (Å²) in [5.74, 6) is 0.938. The van der Waals surface area contributed by atoms with Crippen molar-refractivity contribution in [3.63, 3.8) is 0 Å². The molecule has 5 heteroatoms. The number of aryl methyl sites for hydroxylation is 1. The van der Waals surface area contributed by atoms with Gasteiger partial charge in [-0.2, -0.15) is 0 Å². The van der Waals surface area contributed by atoms with Crippen molar-refractivity contribution >= 4 is 27.5 Å². The fraction of sp³-hybridized carbons (Fsp3) is 0.143. The summed E-state index contributed by atoms with van der Waals surface area (Å²) in [6, 6.07) is 9.16. The van der Waals surface area contributed by atoms with E-state index in [4.69, 9.17) is 4.74 Å². The Morgan fingerprint density at radius 3 is 2.79 bits per heavy atom. The SMILES string of the molecule is CC(=O)Nc1ccccc1Oc1ncc(Br)cc1C. The lowest BCUT2D eigenvalue weighted by Crippen LogP contribution is -2.07. The molecule has 1 amide bonds. The van der Waals surface area contributed by atoms with E-state index in [-0.39, 0.29) is 5.91 Å². The van der Waals surface area contributed by atoms with Gasteiger partial charge in [0.2, 0.25) is 11.8 Å². The maximum atomic E-state index is 11.1. The van der Waals surface area contributed by atoms with Crippen molar-refractivity contribution in [2.45, 2.75) is 13.8 Å². The highest BCUT2D eigenvalue weighted by molar-refractivity contribution is 9.10. The largest absolute Gasteiger partial charge is 0.437 e. The van der Waals surface area contributed by atoms with Gasteiger partial charge in [-0.15, -0.1) is 0 Å². The summed E-state index contributed by atoms with van der Waals surface area (Å²) in [6.45, 7) is 3.37. The highest BCUT2D eigenvalue weighted by Gasteiger charge is 2.08. The van der Waals surface area contributed by atoms with Gasteiger partial charge >= 0.3 is 0 Å². The van der Waals surface area contributed by atoms with Crippen LogP contribution in [0.5, 0.6) is 11.6 Å². The van der Waals surface area contributed by atoms with Crippen molar-refractivity contribution < 1.29 is 9.53 Å². The van der Waals surface area contributed by atoms with Gasteiger partial charge in [0.15, 0.2) is 5.75 Å². The summed E-state index contributed by atoms with van der Waals surface area (Å²) < 4.78 is 6.65. The molecule has 0 aliphatic rings. The molecule has 1 heterocycles. The zero-order valence-electron chi connectivity index (χ0n) is 10.6. The van der Waals surface area contributed by atoms with Gasteiger partial charge in [-0.25, -0.2) is 4.98 Å². The smallest absolute Gasteiger partial charge is 0.222 e. The number of benzene rings is 1. The molecule has 0 bridgehead atoms. The number of hydrogen-bond acceptors (Lipinski definition) is 3. The molecule has 0 unspecified atom stereocenters. The van der Waals surface area contributed by atoms with Crippen LogP contribution in [0, 0.1) is 6.92 Å². The quantitative estimate of drug-likeness (QED) is 0.933. The molecule has 1 aromatic heterocycles. The third kappa shape index (κ3) is 3.54. The first kappa shape index (κ1) is 13.5. The second-order valence-electron chi connectivity index (χ2n) is 4.05. The van der Waals surface area contributed by atoms with Crippen LogP contribution in [0.4, 0.5) is 5.69 Å². The Kier molecular flexibility index (Phi) is 4.16. The monoisotopic (exact) mass is 320 g/mol. The first-order chi connectivity index (χ1) is 9.06. The normalized spacial score (nSPS) is 10.1. The predicted octanol–water partition coefficient (Wildman–Crippen LogP) is 3.90. The summed E-state index contributed by atoms with van der Waals surface area (Å²) >= 11 is 3.35. The van der Waals surface area contributed by atoms with Crippen molar-refractivity contribution in [1.29, 1.82) is 0 Å². The highest BCUT2D eigenvalue weighted by Crippen LogP contribution is 2.30. The number of carbonyl (C=O) groups is 1. The van der Waals surface area contributed by atoms with Gasteiger partial charge in [-0.3, -0.25) is 4.79 Å². The first-order valence-corrected chi connectivity index (χ1v) is 6.52. The van der Waals surface area contributed by atoms with E-state index in [1.54, 1.807) is 18.3 Å². The van der Waals surface area contributed by atoms with Gasteiger partial charge in [0.25, 0.3) is 0 Å². The lowest BCUT2D eigenvalue weighted by Gasteiger charge is -2.12. The zero-order chi connectivity index (χ0) is 13.8. The number of aromatic nitrogens is 1. The fourth-order valence-electron chi connectivity index (χ4n) is 1.59. The molecule has 2 aromatic rings. The lowest BCUT2D eigenvalue weighted by molar-refractivity contribution is -0.114. The number of halogens is 1. The van der Waals surface area contributed by atoms with Crippen molar-refractivity contribution in [2.75, 3.05) is 5.32 Å². The highest BCUT2D eigenvalue weighted by atomic mass is 79.9. The Bertz CT molecular complexity index is 614. The Balaban J connectivity index is 2.30. The minimum Gasteiger partial charge on any atom is -0.437 e. The maximum absolute atomic E-state index is 11.1. The number of nitrogens with one attached hydrogen (secondary N) is 1. The van der Waals surface area contributed by atoms with Crippen LogP contribution in [0.15, 0.2) is 41.0 Å². The molecular formula is C14H13BrN2O2. The number of hydrogen-bond donors (Lipinski definition) is 1. The third-order valence-electron chi connectivity index (χ3n) is 2.40. The summed E-state index contributed by atoms with van der Waals surface area (Å²) in [6.07, 6.45) is 1.67. The van der Waals surface area contributed by atoms with Gasteiger partial charge in [0.1, 0.15) is 0 Å². The van der Waals surface area contributed by atoms with Gasteiger partial charge in [-0.05, 0) is 41.1 Å². The molecule has 0 aliphatic carbocycles. The van der Waals surface area contributed by atoms with Crippen LogP contribution in [0.1, 0.15) is 12.5 Å². The predicted molar refractivity (Wildman–Crippen MR) is 77.5 cm³/mol. The van der Waals surface area contributed by atoms with E-state index in [1.165, 1.54) is 6.92 Å². The van der Waals surface area contributed by atoms with Crippen LogP contribution >= 0.6 is 15.9 Å². The number of ether oxygens (including phenoxy) is 1. The molecule has 4 nitrogen and oxygen atoms in total. The van der Waals surface area contributed by atoms with Crippen molar-refractivity contribution in [2.24, 2.45) is 0 Å². The second kappa shape index (κ2) is 5.84. The molecule has 98 valence electrons. The van der Waals surface area contributed by atoms with E-state index in [0.717, 1.165) is 10.0 Å². The number of para-hydroxylation sites is 2. The fourth-order valence-corrected chi connectivity index (χ4v) is 2.03. The average Bonchev–Trinajstić information content (AvgIpc) is 2.34. The summed E-state index contributed by atoms with van der Waals surface area (Å²) in [5.41, 5.74) is 1.53. The van der Waals surface area contributed by atoms with Crippen molar-refractivity contribution in [1.82, 2.24) is 4.98 Å². The number of anilines is 1. The Morgan fingerprint density at radius 2 is 2.11 bits per heavy atom. The first-order valence-electron chi connectivity index (χ1n) is 5.73. The molecule has 0 aliphatic heterocycles. The molecule has 0 atom stereocenters. The van der Waals surface area contributed by atoms with Gasteiger partial charge in [-0.1, -0.05) is 12.1 Å². The molecule has 0 saturated carbocycles. The molecule has 0 saturated heterocycles. The Hall–Kier alpha value is -1.88. The number of amides is 1. The third-order valence-corrected chi connectivity index (χ3v) is 2.83. The van der Waals surface area contributed by atoms with Crippen LogP contribution in [-0.4, -0.2) is 10.9 Å². The summed E-state index contributed by atoms with van der Waals surface area (Å²) in [7, 11) is 0. The van der Waals surface area contributed by atoms with E-state index < -0.39 is 0 Å². The van der Waals surface area contributed by atoms with Crippen LogP contribution in [0.25, 0.3) is 0 Å². The molecule has 1 aromatic carbocycles. The number of pyridine rings is 1. The summed E-state index contributed by atoms with van der Waals surface area (Å²) in [5, 5.41) is 2.72. The number of rotatable bonds is 3. The van der Waals surface area contributed by atoms with Gasteiger partial charge in [0.05, 0.1) is 5.69 Å². The molecule has 0 spiro atoms. The van der Waals surface area contributed by atoms with Crippen molar-refractivity contribution in [3.05, 3.63) is 46.6 Å². The van der Waals surface area contributed by atoms with E-state index >= 15 is 0 Å². The standard InChI is InChI=1S/C14H13BrN2O2/c1-9-7-11(15)8-16-14(9)19-13-6-4-3-5-12(13)17-10(2)18/h3-8H,1-2H3,(H,17,18). The average molecular weight is 321 g/mol. The number of carbonyl (C=O) groups excluding carboxylic acids is 1. The van der Waals surface area contributed by atoms with Crippen molar-refractivity contribution in [3.8, 4) is 11.6 Å². The van der Waals surface area contributed by atoms with E-state index in [1.807, 2.05) is 25.1 Å². The van der Waals surface area contributed by atoms with E-state index in [2.05, 4.69) is 26.2 Å². The van der Waals surface area contributed by atoms with Gasteiger partial charge in [0, 0.05) is 23.2 Å². The molecule has 1 N–H and O–H groups in total. The lowest BCUT2D eigenvalue weighted by atomic mass is 10.3. The van der Waals surface area contributed by atoms with Crippen LogP contribution in [-0.2, 0) is 4.79 Å². The Labute approximate surface area is 119 Å². The molecule has 19 heavy (non-hydrogen) atoms. The molecule has 0 radical (unpaired) electrons. The van der Waals surface area contributed by atoms with Crippen LogP contribution in [0.2, 0.25) is 0 Å². The second-order valence-corrected chi connectivity index (χ2v) is 4.97. The van der Waals surface area contributed by atoms with E-state index in [9.17, 15) is 4.79 Å². The Morgan fingerprint density at radius 1 is 1.37 bits per heavy atom. The van der Waals surface area contributed by atoms with E-state index in [0.29, 0.717) is 17.3 Å². The molecular weight excluding hydrogens is 308 g/mol. The molecule has 0 fully saturated rings. The minimum absolute atomic E-state index is 0.142. The topological polar surface area (TPSA) is 51.2 Å². The zero-order valence-corrected chi connectivity index (χ0v) is 12.2. The van der Waals surface area contributed by atoms with Crippen LogP contribution < -0.4 is 10.1 Å². The minimum atomic E-state index is -0.142. The maximum Gasteiger partial charge on any atom is 0.222 e. The summed E-state index contributed by atoms with van der Waals surface area (Å²) in [4.78, 5) is 15.4. The van der Waals surface area contributed by atoms with Crippen LogP contribution in [0.3, 0.4) is 0 Å².